The molecule has 6 heterocycles. The molecule has 0 radical (unpaired) electrons. The number of aromatic nitrogens is 8. The molecule has 0 bridgehead atoms. The molecule has 0 amide bonds. The number of H-pyrrole nitrogens is 2. The molecule has 214 valence electrons. The van der Waals surface area contributed by atoms with Crippen molar-refractivity contribution in [1.29, 1.82) is 0 Å². The second-order valence-corrected chi connectivity index (χ2v) is 9.32. The highest BCUT2D eigenvalue weighted by atomic mass is 16.6. The molecule has 8 atom stereocenters. The standard InChI is InChI=1S/C20H24N10O10/c21-19-25-11-5(15(37)27-19)23-13(29(11)17-9(35)7(33)3(1-31)39-17)14-24-6-12(26-20(22)28-16(6)38)30(14)18-10(36)8(34)4(2-32)40-18/h3-4,7-10,17-18,31-36H,1-2H2,(H3,21,25,27,37)(H3,22,26,28,38). The topological polar surface area (TPSA) is 319 Å². The predicted octanol–water partition coefficient (Wildman–Crippen LogP) is -5.39. The van der Waals surface area contributed by atoms with E-state index in [1.165, 1.54) is 0 Å². The largest absolute Gasteiger partial charge is 0.394 e. The van der Waals surface area contributed by atoms with Crippen LogP contribution in [-0.2, 0) is 9.47 Å². The summed E-state index contributed by atoms with van der Waals surface area (Å²) in [6.45, 7) is -1.35. The van der Waals surface area contributed by atoms with Crippen LogP contribution in [0.2, 0.25) is 0 Å². The Hall–Kier alpha value is -4.02. The van der Waals surface area contributed by atoms with Crippen molar-refractivity contribution in [3.8, 4) is 11.6 Å². The van der Waals surface area contributed by atoms with Gasteiger partial charge in [0.1, 0.15) is 36.6 Å². The van der Waals surface area contributed by atoms with E-state index in [1.54, 1.807) is 0 Å². The normalized spacial score (nSPS) is 30.6. The molecule has 4 aromatic rings. The number of aromatic amines is 2. The molecular weight excluding hydrogens is 540 g/mol. The molecule has 8 unspecified atom stereocenters. The van der Waals surface area contributed by atoms with Crippen molar-refractivity contribution in [3.05, 3.63) is 20.7 Å². The van der Waals surface area contributed by atoms with Crippen molar-refractivity contribution in [2.24, 2.45) is 0 Å². The number of nitrogens with two attached hydrogens (primary N) is 2. The highest BCUT2D eigenvalue weighted by Crippen LogP contribution is 2.39. The van der Waals surface area contributed by atoms with E-state index in [2.05, 4.69) is 29.9 Å². The van der Waals surface area contributed by atoms with Crippen LogP contribution in [0.5, 0.6) is 0 Å². The van der Waals surface area contributed by atoms with E-state index in [0.29, 0.717) is 0 Å². The van der Waals surface area contributed by atoms with Gasteiger partial charge in [0.15, 0.2) is 46.4 Å². The van der Waals surface area contributed by atoms with Crippen molar-refractivity contribution >= 4 is 34.2 Å². The van der Waals surface area contributed by atoms with E-state index in [4.69, 9.17) is 20.9 Å². The number of nitrogens with one attached hydrogen (secondary N) is 2. The molecule has 4 aromatic heterocycles. The summed E-state index contributed by atoms with van der Waals surface area (Å²) in [6, 6.07) is 0. The smallest absolute Gasteiger partial charge is 0.280 e. The molecule has 0 spiro atoms. The van der Waals surface area contributed by atoms with Gasteiger partial charge in [-0.05, 0) is 0 Å². The summed E-state index contributed by atoms with van der Waals surface area (Å²) in [5.41, 5.74) is 8.81. The lowest BCUT2D eigenvalue weighted by Crippen LogP contribution is -2.33. The van der Waals surface area contributed by atoms with Gasteiger partial charge in [0.25, 0.3) is 11.1 Å². The molecule has 0 saturated carbocycles. The van der Waals surface area contributed by atoms with E-state index in [0.717, 1.165) is 9.13 Å². The third-order valence-corrected chi connectivity index (χ3v) is 6.88. The van der Waals surface area contributed by atoms with Gasteiger partial charge in [-0.3, -0.25) is 28.7 Å². The molecule has 0 aliphatic carbocycles. The Labute approximate surface area is 220 Å². The number of hydrogen-bond donors (Lipinski definition) is 10. The first-order valence-electron chi connectivity index (χ1n) is 11.9. The molecule has 6 rings (SSSR count). The summed E-state index contributed by atoms with van der Waals surface area (Å²) in [5, 5.41) is 61.7. The van der Waals surface area contributed by atoms with Gasteiger partial charge >= 0.3 is 0 Å². The van der Waals surface area contributed by atoms with Gasteiger partial charge in [0.05, 0.1) is 13.2 Å². The van der Waals surface area contributed by atoms with Crippen LogP contribution in [0.1, 0.15) is 12.5 Å². The number of aliphatic hydroxyl groups is 6. The molecule has 20 nitrogen and oxygen atoms in total. The molecule has 2 aliphatic rings. The molecule has 40 heavy (non-hydrogen) atoms. The lowest BCUT2D eigenvalue weighted by molar-refractivity contribution is -0.0528. The number of hydrogen-bond acceptors (Lipinski definition) is 16. The second kappa shape index (κ2) is 9.28. The van der Waals surface area contributed by atoms with E-state index in [9.17, 15) is 40.2 Å². The van der Waals surface area contributed by atoms with Crippen LogP contribution in [0.3, 0.4) is 0 Å². The summed E-state index contributed by atoms with van der Waals surface area (Å²) >= 11 is 0. The Morgan fingerprint density at radius 3 is 1.38 bits per heavy atom. The summed E-state index contributed by atoms with van der Waals surface area (Å²) in [6.07, 6.45) is -12.0. The zero-order valence-corrected chi connectivity index (χ0v) is 20.2. The quantitative estimate of drug-likeness (QED) is 0.108. The third-order valence-electron chi connectivity index (χ3n) is 6.88. The number of nitrogens with zero attached hydrogens (tertiary/aromatic N) is 6. The summed E-state index contributed by atoms with van der Waals surface area (Å²) < 4.78 is 13.5. The monoisotopic (exact) mass is 564 g/mol. The number of nitrogen functional groups attached to an aromatic ring is 2. The van der Waals surface area contributed by atoms with E-state index in [-0.39, 0.29) is 45.9 Å². The number of aliphatic hydroxyl groups excluding tert-OH is 6. The summed E-state index contributed by atoms with van der Waals surface area (Å²) in [4.78, 5) is 46.9. The number of rotatable bonds is 5. The minimum atomic E-state index is -1.68. The fourth-order valence-electron chi connectivity index (χ4n) is 4.99. The first-order valence-corrected chi connectivity index (χ1v) is 11.9. The molecule has 20 heteroatoms. The number of ether oxygens (including phenoxy) is 2. The van der Waals surface area contributed by atoms with E-state index >= 15 is 0 Å². The summed E-state index contributed by atoms with van der Waals surface area (Å²) in [5.74, 6) is -1.27. The van der Waals surface area contributed by atoms with Crippen molar-refractivity contribution in [2.75, 3.05) is 24.7 Å². The maximum Gasteiger partial charge on any atom is 0.280 e. The van der Waals surface area contributed by atoms with Gasteiger partial charge in [0.2, 0.25) is 11.9 Å². The number of anilines is 2. The molecule has 12 N–H and O–H groups in total. The predicted molar refractivity (Wildman–Crippen MR) is 130 cm³/mol. The number of fused-ring (bicyclic) bond motifs is 2. The lowest BCUT2D eigenvalue weighted by Gasteiger charge is -2.22. The maximum absolute atomic E-state index is 12.8. The Kier molecular flexibility index (Phi) is 6.08. The minimum absolute atomic E-state index is 0.229. The highest BCUT2D eigenvalue weighted by Gasteiger charge is 2.48. The Morgan fingerprint density at radius 1 is 0.675 bits per heavy atom. The fraction of sp³-hybridized carbons (Fsp3) is 0.500. The third kappa shape index (κ3) is 3.70. The van der Waals surface area contributed by atoms with Gasteiger partial charge in [-0.2, -0.15) is 9.97 Å². The lowest BCUT2D eigenvalue weighted by atomic mass is 10.1. The first-order chi connectivity index (χ1) is 19.0. The minimum Gasteiger partial charge on any atom is -0.394 e. The van der Waals surface area contributed by atoms with Crippen molar-refractivity contribution in [2.45, 2.75) is 49.1 Å². The van der Waals surface area contributed by atoms with Crippen LogP contribution in [-0.4, -0.2) is 120 Å². The molecule has 2 aliphatic heterocycles. The highest BCUT2D eigenvalue weighted by molar-refractivity contribution is 5.80. The van der Waals surface area contributed by atoms with E-state index < -0.39 is 73.4 Å². The van der Waals surface area contributed by atoms with Crippen LogP contribution < -0.4 is 22.6 Å². The van der Waals surface area contributed by atoms with Crippen molar-refractivity contribution in [3.63, 3.8) is 0 Å². The summed E-state index contributed by atoms with van der Waals surface area (Å²) in [7, 11) is 0. The second-order valence-electron chi connectivity index (χ2n) is 9.32. The fourth-order valence-corrected chi connectivity index (χ4v) is 4.99. The van der Waals surface area contributed by atoms with Gasteiger partial charge in [-0.15, -0.1) is 0 Å². The molecule has 0 aromatic carbocycles. The average molecular weight is 564 g/mol. The van der Waals surface area contributed by atoms with Crippen molar-refractivity contribution < 1.29 is 40.1 Å². The molecule has 2 saturated heterocycles. The Morgan fingerprint density at radius 2 is 1.05 bits per heavy atom. The zero-order valence-electron chi connectivity index (χ0n) is 20.2. The Balaban J connectivity index is 1.69. The average Bonchev–Trinajstić information content (AvgIpc) is 3.62. The van der Waals surface area contributed by atoms with Gasteiger partial charge < -0.3 is 51.6 Å². The molecular formula is C20H24N10O10. The number of imidazole rings is 2. The van der Waals surface area contributed by atoms with Gasteiger partial charge in [-0.25, -0.2) is 9.97 Å². The van der Waals surface area contributed by atoms with Crippen LogP contribution >= 0.6 is 0 Å². The van der Waals surface area contributed by atoms with Crippen molar-refractivity contribution in [1.82, 2.24) is 39.0 Å². The van der Waals surface area contributed by atoms with Crippen LogP contribution in [0.15, 0.2) is 9.59 Å². The van der Waals surface area contributed by atoms with Gasteiger partial charge in [0, 0.05) is 0 Å². The maximum atomic E-state index is 12.8. The zero-order chi connectivity index (χ0) is 28.6. The van der Waals surface area contributed by atoms with E-state index in [1.807, 2.05) is 0 Å². The van der Waals surface area contributed by atoms with Crippen LogP contribution in [0.4, 0.5) is 11.9 Å². The first kappa shape index (κ1) is 26.2. The molecule has 2 fully saturated rings. The Bertz CT molecular complexity index is 1600. The van der Waals surface area contributed by atoms with Crippen LogP contribution in [0, 0.1) is 0 Å². The SMILES string of the molecule is Nc1nc2c(nc(-c3nc4c(=O)[nH]c(N)nc4n3C3OC(CO)C(O)C3O)n2C2OC(CO)C(O)C2O)c(=O)[nH]1. The van der Waals surface area contributed by atoms with Crippen LogP contribution in [0.25, 0.3) is 34.0 Å². The van der Waals surface area contributed by atoms with Gasteiger partial charge in [-0.1, -0.05) is 0 Å².